The molecule has 0 spiro atoms. The van der Waals surface area contributed by atoms with E-state index in [9.17, 15) is 9.59 Å². The Morgan fingerprint density at radius 3 is 2.60 bits per heavy atom. The van der Waals surface area contributed by atoms with Crippen LogP contribution < -0.4 is 15.4 Å². The Balaban J connectivity index is 1.71. The third-order valence-corrected chi connectivity index (χ3v) is 5.24. The maximum atomic E-state index is 12.6. The normalized spacial score (nSPS) is 22.4. The number of benzene rings is 1. The molecule has 0 saturated carbocycles. The summed E-state index contributed by atoms with van der Waals surface area (Å²) < 4.78 is 10.8. The number of rotatable bonds is 9. The fourth-order valence-electron chi connectivity index (χ4n) is 3.58. The van der Waals surface area contributed by atoms with Crippen molar-refractivity contribution in [3.63, 3.8) is 0 Å². The SMILES string of the molecule is COc1ccc(CCN2C(=NCCCOC(C)C)NC3C2C(=O)NC(=O)N3C)cc1. The van der Waals surface area contributed by atoms with Crippen molar-refractivity contribution in [3.8, 4) is 5.75 Å². The van der Waals surface area contributed by atoms with E-state index in [-0.39, 0.29) is 12.0 Å². The van der Waals surface area contributed by atoms with E-state index in [0.717, 1.165) is 24.2 Å². The lowest BCUT2D eigenvalue weighted by atomic mass is 10.1. The zero-order valence-electron chi connectivity index (χ0n) is 18.1. The van der Waals surface area contributed by atoms with Crippen LogP contribution in [0.2, 0.25) is 0 Å². The van der Waals surface area contributed by atoms with Crippen LogP contribution in [0.4, 0.5) is 4.79 Å². The van der Waals surface area contributed by atoms with E-state index in [0.29, 0.717) is 25.7 Å². The Morgan fingerprint density at radius 1 is 1.20 bits per heavy atom. The minimum atomic E-state index is -0.517. The zero-order chi connectivity index (χ0) is 21.7. The van der Waals surface area contributed by atoms with E-state index >= 15 is 0 Å². The summed E-state index contributed by atoms with van der Waals surface area (Å²) in [4.78, 5) is 32.8. The number of fused-ring (bicyclic) bond motifs is 1. The lowest BCUT2D eigenvalue weighted by Crippen LogP contribution is -2.64. The molecule has 2 aliphatic rings. The van der Waals surface area contributed by atoms with Gasteiger partial charge in [0.2, 0.25) is 0 Å². The number of methoxy groups -OCH3 is 1. The highest BCUT2D eigenvalue weighted by Gasteiger charge is 2.49. The number of carbonyl (C=O) groups is 2. The molecule has 0 radical (unpaired) electrons. The number of aliphatic imine (C=N–C) groups is 1. The highest BCUT2D eigenvalue weighted by molar-refractivity contribution is 6.04. The van der Waals surface area contributed by atoms with Crippen molar-refractivity contribution in [1.82, 2.24) is 20.4 Å². The summed E-state index contributed by atoms with van der Waals surface area (Å²) in [7, 11) is 3.31. The van der Waals surface area contributed by atoms with Gasteiger partial charge in [-0.1, -0.05) is 12.1 Å². The zero-order valence-corrected chi connectivity index (χ0v) is 18.1. The molecule has 0 aromatic heterocycles. The number of likely N-dealkylation sites (N-methyl/N-ethyl adjacent to an activating group) is 1. The molecule has 3 amide bonds. The maximum Gasteiger partial charge on any atom is 0.325 e. The van der Waals surface area contributed by atoms with Crippen LogP contribution in [0.5, 0.6) is 5.75 Å². The highest BCUT2D eigenvalue weighted by atomic mass is 16.5. The van der Waals surface area contributed by atoms with E-state index in [1.54, 1.807) is 14.2 Å². The van der Waals surface area contributed by atoms with Gasteiger partial charge in [0.1, 0.15) is 11.9 Å². The van der Waals surface area contributed by atoms with Gasteiger partial charge in [-0.2, -0.15) is 0 Å². The molecule has 2 unspecified atom stereocenters. The molecule has 30 heavy (non-hydrogen) atoms. The second kappa shape index (κ2) is 9.80. The van der Waals surface area contributed by atoms with E-state index in [4.69, 9.17) is 9.47 Å². The van der Waals surface area contributed by atoms with Gasteiger partial charge in [0.05, 0.1) is 13.2 Å². The second-order valence-corrected chi connectivity index (χ2v) is 7.71. The van der Waals surface area contributed by atoms with Crippen LogP contribution in [0, 0.1) is 0 Å². The number of hydrogen-bond acceptors (Lipinski definition) is 5. The number of amides is 3. The van der Waals surface area contributed by atoms with Crippen LogP contribution in [-0.4, -0.2) is 79.9 Å². The van der Waals surface area contributed by atoms with Crippen molar-refractivity contribution in [1.29, 1.82) is 0 Å². The lowest BCUT2D eigenvalue weighted by molar-refractivity contribution is -0.127. The molecule has 0 bridgehead atoms. The first kappa shape index (κ1) is 21.9. The topological polar surface area (TPSA) is 95.5 Å². The van der Waals surface area contributed by atoms with Gasteiger partial charge < -0.3 is 24.6 Å². The van der Waals surface area contributed by atoms with Gasteiger partial charge in [-0.3, -0.25) is 15.1 Å². The monoisotopic (exact) mass is 417 g/mol. The average Bonchev–Trinajstić information content (AvgIpc) is 3.09. The molecular weight excluding hydrogens is 386 g/mol. The Hall–Kier alpha value is -2.81. The van der Waals surface area contributed by atoms with Crippen LogP contribution in [-0.2, 0) is 16.0 Å². The van der Waals surface area contributed by atoms with Crippen molar-refractivity contribution in [2.45, 2.75) is 45.0 Å². The van der Waals surface area contributed by atoms with Crippen LogP contribution in [0.25, 0.3) is 0 Å². The number of guanidine groups is 1. The van der Waals surface area contributed by atoms with Gasteiger partial charge in [0.25, 0.3) is 5.91 Å². The summed E-state index contributed by atoms with van der Waals surface area (Å²) >= 11 is 0. The number of imide groups is 1. The molecule has 2 heterocycles. The first-order valence-corrected chi connectivity index (χ1v) is 10.3. The van der Waals surface area contributed by atoms with Crippen molar-refractivity contribution >= 4 is 17.9 Å². The van der Waals surface area contributed by atoms with Gasteiger partial charge in [-0.25, -0.2) is 4.79 Å². The Labute approximate surface area is 177 Å². The van der Waals surface area contributed by atoms with E-state index < -0.39 is 18.2 Å². The summed E-state index contributed by atoms with van der Waals surface area (Å²) in [6, 6.07) is 6.94. The summed E-state index contributed by atoms with van der Waals surface area (Å²) in [5.41, 5.74) is 1.13. The average molecular weight is 418 g/mol. The van der Waals surface area contributed by atoms with Crippen molar-refractivity contribution < 1.29 is 19.1 Å². The van der Waals surface area contributed by atoms with Crippen molar-refractivity contribution in [2.24, 2.45) is 4.99 Å². The van der Waals surface area contributed by atoms with Gasteiger partial charge in [0.15, 0.2) is 12.0 Å². The number of ether oxygens (including phenoxy) is 2. The Morgan fingerprint density at radius 2 is 1.93 bits per heavy atom. The Bertz CT molecular complexity index is 780. The number of hydrogen-bond donors (Lipinski definition) is 2. The minimum Gasteiger partial charge on any atom is -0.497 e. The number of nitrogens with one attached hydrogen (secondary N) is 2. The standard InChI is InChI=1S/C21H31N5O4/c1-14(2)30-13-5-11-22-20-23-18-17(19(27)24-21(28)25(18)3)26(20)12-10-15-6-8-16(29-4)9-7-15/h6-9,14,17-18H,5,10-13H2,1-4H3,(H,22,23)(H,24,27,28). The minimum absolute atomic E-state index is 0.189. The van der Waals surface area contributed by atoms with E-state index in [2.05, 4.69) is 15.6 Å². The fraction of sp³-hybridized carbons (Fsp3) is 0.571. The van der Waals surface area contributed by atoms with Gasteiger partial charge in [-0.05, 0) is 44.4 Å². The maximum absolute atomic E-state index is 12.6. The number of carbonyl (C=O) groups excluding carboxylic acids is 2. The first-order chi connectivity index (χ1) is 14.4. The van der Waals surface area contributed by atoms with Gasteiger partial charge in [0, 0.05) is 26.7 Å². The second-order valence-electron chi connectivity index (χ2n) is 7.71. The molecule has 2 N–H and O–H groups in total. The number of nitrogens with zero attached hydrogens (tertiary/aromatic N) is 3. The smallest absolute Gasteiger partial charge is 0.325 e. The predicted octanol–water partition coefficient (Wildman–Crippen LogP) is 1.19. The molecule has 2 aliphatic heterocycles. The molecule has 2 saturated heterocycles. The molecule has 9 heteroatoms. The molecule has 3 rings (SSSR count). The van der Waals surface area contributed by atoms with Crippen molar-refractivity contribution in [3.05, 3.63) is 29.8 Å². The fourth-order valence-corrected chi connectivity index (χ4v) is 3.58. The molecule has 0 aliphatic carbocycles. The molecule has 164 valence electrons. The van der Waals surface area contributed by atoms with Crippen molar-refractivity contribution in [2.75, 3.05) is 33.9 Å². The first-order valence-electron chi connectivity index (χ1n) is 10.3. The van der Waals surface area contributed by atoms with Crippen LogP contribution in [0.15, 0.2) is 29.3 Å². The quantitative estimate of drug-likeness (QED) is 0.586. The van der Waals surface area contributed by atoms with Crippen LogP contribution in [0.1, 0.15) is 25.8 Å². The van der Waals surface area contributed by atoms with Crippen LogP contribution in [0.3, 0.4) is 0 Å². The molecule has 1 aromatic carbocycles. The molecule has 9 nitrogen and oxygen atoms in total. The Kier molecular flexibility index (Phi) is 7.15. The highest BCUT2D eigenvalue weighted by Crippen LogP contribution is 2.21. The van der Waals surface area contributed by atoms with E-state index in [1.807, 2.05) is 43.0 Å². The summed E-state index contributed by atoms with van der Waals surface area (Å²) in [5, 5.41) is 5.70. The number of urea groups is 1. The molecule has 2 fully saturated rings. The lowest BCUT2D eigenvalue weighted by Gasteiger charge is -2.35. The summed E-state index contributed by atoms with van der Waals surface area (Å²) in [5.74, 6) is 1.14. The summed E-state index contributed by atoms with van der Waals surface area (Å²) in [6.07, 6.45) is 1.27. The summed E-state index contributed by atoms with van der Waals surface area (Å²) in [6.45, 7) is 5.80. The van der Waals surface area contributed by atoms with E-state index in [1.165, 1.54) is 4.90 Å². The van der Waals surface area contributed by atoms with Gasteiger partial charge in [-0.15, -0.1) is 0 Å². The third kappa shape index (κ3) is 5.02. The molecule has 1 aromatic rings. The largest absolute Gasteiger partial charge is 0.497 e. The third-order valence-electron chi connectivity index (χ3n) is 5.24. The van der Waals surface area contributed by atoms with Gasteiger partial charge >= 0.3 is 6.03 Å². The predicted molar refractivity (Wildman–Crippen MR) is 113 cm³/mol. The molecule has 2 atom stereocenters. The molecular formula is C21H31N5O4. The van der Waals surface area contributed by atoms with Crippen LogP contribution >= 0.6 is 0 Å².